The summed E-state index contributed by atoms with van der Waals surface area (Å²) in [6.07, 6.45) is 8.64. The largest absolute Gasteiger partial charge is 0.341 e. The third-order valence-corrected chi connectivity index (χ3v) is 6.05. The number of hydrogen-bond acceptors (Lipinski definition) is 5. The fourth-order valence-corrected chi connectivity index (χ4v) is 5.04. The van der Waals surface area contributed by atoms with Crippen molar-refractivity contribution in [3.05, 3.63) is 18.0 Å². The zero-order valence-electron chi connectivity index (χ0n) is 12.6. The zero-order chi connectivity index (χ0) is 15.1. The molecule has 3 rings (SSSR count). The highest BCUT2D eigenvalue weighted by Gasteiger charge is 2.47. The maximum absolute atomic E-state index is 12.0. The lowest BCUT2D eigenvalue weighted by Gasteiger charge is -2.43. The van der Waals surface area contributed by atoms with Gasteiger partial charge in [-0.15, -0.1) is 0 Å². The molecule has 0 bridgehead atoms. The van der Waals surface area contributed by atoms with Crippen LogP contribution in [0.3, 0.4) is 0 Å². The summed E-state index contributed by atoms with van der Waals surface area (Å²) in [6, 6.07) is 0. The van der Waals surface area contributed by atoms with E-state index in [-0.39, 0.29) is 5.54 Å². The van der Waals surface area contributed by atoms with Crippen LogP contribution in [-0.4, -0.2) is 54.1 Å². The first-order valence-corrected chi connectivity index (χ1v) is 9.27. The van der Waals surface area contributed by atoms with E-state index in [0.29, 0.717) is 6.54 Å². The van der Waals surface area contributed by atoms with E-state index in [1.165, 1.54) is 6.26 Å². The summed E-state index contributed by atoms with van der Waals surface area (Å²) < 4.78 is 25.7. The Kier molecular flexibility index (Phi) is 3.65. The van der Waals surface area contributed by atoms with Crippen molar-refractivity contribution in [1.29, 1.82) is 0 Å². The average Bonchev–Trinajstić information content (AvgIpc) is 2.84. The molecule has 1 spiro atoms. The van der Waals surface area contributed by atoms with Crippen LogP contribution in [0.2, 0.25) is 0 Å². The van der Waals surface area contributed by atoms with E-state index in [9.17, 15) is 8.42 Å². The topological polar surface area (TPSA) is 66.4 Å². The van der Waals surface area contributed by atoms with Crippen LogP contribution in [0.15, 0.2) is 12.4 Å². The molecule has 2 saturated heterocycles. The van der Waals surface area contributed by atoms with Gasteiger partial charge >= 0.3 is 0 Å². The molecule has 2 fully saturated rings. The second-order valence-electron chi connectivity index (χ2n) is 6.21. The van der Waals surface area contributed by atoms with Crippen molar-refractivity contribution < 1.29 is 8.42 Å². The first kappa shape index (κ1) is 14.7. The highest BCUT2D eigenvalue weighted by Crippen LogP contribution is 2.40. The molecule has 2 aliphatic heterocycles. The molecular weight excluding hydrogens is 288 g/mol. The van der Waals surface area contributed by atoms with Crippen LogP contribution < -0.4 is 4.90 Å². The summed E-state index contributed by atoms with van der Waals surface area (Å²) in [5.41, 5.74) is 0.876. The Labute approximate surface area is 126 Å². The van der Waals surface area contributed by atoms with Gasteiger partial charge in [-0.1, -0.05) is 0 Å². The molecular formula is C14H22N4O2S. The predicted octanol–water partition coefficient (Wildman–Crippen LogP) is 1.18. The minimum atomic E-state index is -3.11. The fourth-order valence-electron chi connectivity index (χ4n) is 3.60. The summed E-state index contributed by atoms with van der Waals surface area (Å²) in [5, 5.41) is 0. The predicted molar refractivity (Wildman–Crippen MR) is 81.7 cm³/mol. The van der Waals surface area contributed by atoms with Crippen molar-refractivity contribution in [2.45, 2.75) is 38.1 Å². The number of hydrogen-bond donors (Lipinski definition) is 0. The minimum absolute atomic E-state index is 0.172. The molecule has 0 atom stereocenters. The summed E-state index contributed by atoms with van der Waals surface area (Å²) in [4.78, 5) is 10.9. The standard InChI is InChI=1S/C14H22N4O2S/c1-12-10-15-13(16-11-12)17-8-5-14(6-9-17)4-3-7-18(14)21(2,19)20/h10-11H,3-9H2,1-2H3. The van der Waals surface area contributed by atoms with Gasteiger partial charge in [-0.3, -0.25) is 0 Å². The molecule has 6 nitrogen and oxygen atoms in total. The monoisotopic (exact) mass is 310 g/mol. The maximum atomic E-state index is 12.0. The highest BCUT2D eigenvalue weighted by molar-refractivity contribution is 7.88. The first-order valence-electron chi connectivity index (χ1n) is 7.42. The smallest absolute Gasteiger partial charge is 0.225 e. The highest BCUT2D eigenvalue weighted by atomic mass is 32.2. The van der Waals surface area contributed by atoms with E-state index >= 15 is 0 Å². The van der Waals surface area contributed by atoms with Crippen molar-refractivity contribution in [3.8, 4) is 0 Å². The summed E-state index contributed by atoms with van der Waals surface area (Å²) >= 11 is 0. The van der Waals surface area contributed by atoms with Gasteiger partial charge in [0.2, 0.25) is 16.0 Å². The Morgan fingerprint density at radius 3 is 2.29 bits per heavy atom. The number of nitrogens with zero attached hydrogens (tertiary/aromatic N) is 4. The number of aryl methyl sites for hydroxylation is 1. The molecule has 0 unspecified atom stereocenters. The molecule has 0 aromatic carbocycles. The fraction of sp³-hybridized carbons (Fsp3) is 0.714. The molecule has 3 heterocycles. The average molecular weight is 310 g/mol. The van der Waals surface area contributed by atoms with Crippen LogP contribution in [0.4, 0.5) is 5.95 Å². The Balaban J connectivity index is 1.74. The van der Waals surface area contributed by atoms with E-state index in [4.69, 9.17) is 0 Å². The molecule has 1 aromatic heterocycles. The Bertz CT molecular complexity index is 606. The minimum Gasteiger partial charge on any atom is -0.341 e. The molecule has 1 aromatic rings. The first-order chi connectivity index (χ1) is 9.91. The van der Waals surface area contributed by atoms with Crippen molar-refractivity contribution in [2.75, 3.05) is 30.8 Å². The van der Waals surface area contributed by atoms with Crippen LogP contribution in [-0.2, 0) is 10.0 Å². The summed E-state index contributed by atoms with van der Waals surface area (Å²) in [6.45, 7) is 4.27. The molecule has 0 amide bonds. The molecule has 21 heavy (non-hydrogen) atoms. The van der Waals surface area contributed by atoms with Crippen LogP contribution in [0, 0.1) is 6.92 Å². The Morgan fingerprint density at radius 1 is 1.10 bits per heavy atom. The molecule has 0 radical (unpaired) electrons. The number of piperidine rings is 1. The third-order valence-electron chi connectivity index (χ3n) is 4.68. The van der Waals surface area contributed by atoms with E-state index < -0.39 is 10.0 Å². The molecule has 0 saturated carbocycles. The normalized spacial score (nSPS) is 22.9. The lowest BCUT2D eigenvalue weighted by atomic mass is 9.86. The molecule has 2 aliphatic rings. The van der Waals surface area contributed by atoms with Gasteiger partial charge in [-0.05, 0) is 38.2 Å². The van der Waals surface area contributed by atoms with Gasteiger partial charge in [0.05, 0.1) is 6.26 Å². The van der Waals surface area contributed by atoms with Gasteiger partial charge < -0.3 is 4.90 Å². The van der Waals surface area contributed by atoms with Gasteiger partial charge in [0.15, 0.2) is 0 Å². The van der Waals surface area contributed by atoms with Crippen LogP contribution >= 0.6 is 0 Å². The molecule has 0 N–H and O–H groups in total. The Hall–Kier alpha value is -1.21. The lowest BCUT2D eigenvalue weighted by Crippen LogP contribution is -2.54. The summed E-state index contributed by atoms with van der Waals surface area (Å²) in [7, 11) is -3.11. The van der Waals surface area contributed by atoms with Crippen molar-refractivity contribution in [2.24, 2.45) is 0 Å². The molecule has 0 aliphatic carbocycles. The van der Waals surface area contributed by atoms with E-state index in [2.05, 4.69) is 14.9 Å². The summed E-state index contributed by atoms with van der Waals surface area (Å²) in [5.74, 6) is 0.749. The number of rotatable bonds is 2. The Morgan fingerprint density at radius 2 is 1.71 bits per heavy atom. The van der Waals surface area contributed by atoms with E-state index in [0.717, 1.165) is 50.3 Å². The zero-order valence-corrected chi connectivity index (χ0v) is 13.4. The number of sulfonamides is 1. The second kappa shape index (κ2) is 5.21. The van der Waals surface area contributed by atoms with Crippen LogP contribution in [0.1, 0.15) is 31.2 Å². The van der Waals surface area contributed by atoms with Crippen molar-refractivity contribution in [1.82, 2.24) is 14.3 Å². The van der Waals surface area contributed by atoms with Crippen molar-refractivity contribution in [3.63, 3.8) is 0 Å². The second-order valence-corrected chi connectivity index (χ2v) is 8.12. The van der Waals surface area contributed by atoms with Gasteiger partial charge in [-0.2, -0.15) is 4.31 Å². The lowest BCUT2D eigenvalue weighted by molar-refractivity contribution is 0.193. The van der Waals surface area contributed by atoms with Gasteiger partial charge in [0, 0.05) is 37.6 Å². The number of anilines is 1. The molecule has 7 heteroatoms. The van der Waals surface area contributed by atoms with Gasteiger partial charge in [0.25, 0.3) is 0 Å². The van der Waals surface area contributed by atoms with Crippen LogP contribution in [0.5, 0.6) is 0 Å². The maximum Gasteiger partial charge on any atom is 0.225 e. The quantitative estimate of drug-likeness (QED) is 0.820. The van der Waals surface area contributed by atoms with E-state index in [1.807, 2.05) is 19.3 Å². The van der Waals surface area contributed by atoms with Gasteiger partial charge in [0.1, 0.15) is 0 Å². The SMILES string of the molecule is Cc1cnc(N2CCC3(CCCN3S(C)(=O)=O)CC2)nc1. The third kappa shape index (κ3) is 2.76. The number of aromatic nitrogens is 2. The molecule has 116 valence electrons. The van der Waals surface area contributed by atoms with Crippen molar-refractivity contribution >= 4 is 16.0 Å². The van der Waals surface area contributed by atoms with E-state index in [1.54, 1.807) is 4.31 Å². The van der Waals surface area contributed by atoms with Gasteiger partial charge in [-0.25, -0.2) is 18.4 Å². The van der Waals surface area contributed by atoms with Crippen LogP contribution in [0.25, 0.3) is 0 Å².